The van der Waals surface area contributed by atoms with Crippen LogP contribution in [0.15, 0.2) is 41.8 Å². The number of hydrogen-bond donors (Lipinski definition) is 2. The highest BCUT2D eigenvalue weighted by Gasteiger charge is 2.23. The van der Waals surface area contributed by atoms with Crippen LogP contribution in [-0.2, 0) is 9.59 Å². The van der Waals surface area contributed by atoms with Crippen molar-refractivity contribution in [2.45, 2.75) is 32.2 Å². The van der Waals surface area contributed by atoms with E-state index in [-0.39, 0.29) is 30.2 Å². The third kappa shape index (κ3) is 4.95. The molecule has 1 aromatic heterocycles. The Labute approximate surface area is 162 Å². The molecule has 0 saturated carbocycles. The molecule has 0 aliphatic carbocycles. The van der Waals surface area contributed by atoms with Gasteiger partial charge in [-0.1, -0.05) is 18.2 Å². The average Bonchev–Trinajstić information content (AvgIpc) is 3.34. The fourth-order valence-corrected chi connectivity index (χ4v) is 3.99. The molecule has 0 radical (unpaired) electrons. The fraction of sp³-hybridized carbons (Fsp3) is 0.350. The number of nitrogens with one attached hydrogen (secondary N) is 2. The van der Waals surface area contributed by atoms with Crippen molar-refractivity contribution in [2.75, 3.05) is 18.4 Å². The maximum Gasteiger partial charge on any atom is 0.255 e. The number of likely N-dealkylation sites (tertiary alicyclic amines) is 1. The SMILES string of the molecule is CC(=O)NC(CC(=O)Nc1ccccc1C(=O)N1CCCC1)c1cccs1. The number of thiophene rings is 1. The zero-order chi connectivity index (χ0) is 19.2. The average molecular weight is 385 g/mol. The molecule has 1 fully saturated rings. The lowest BCUT2D eigenvalue weighted by Gasteiger charge is -2.19. The molecular weight excluding hydrogens is 362 g/mol. The van der Waals surface area contributed by atoms with Crippen molar-refractivity contribution >= 4 is 34.7 Å². The Balaban J connectivity index is 1.71. The van der Waals surface area contributed by atoms with E-state index < -0.39 is 0 Å². The molecule has 1 saturated heterocycles. The third-order valence-electron chi connectivity index (χ3n) is 4.48. The van der Waals surface area contributed by atoms with Crippen LogP contribution in [0, 0.1) is 0 Å². The Morgan fingerprint density at radius 1 is 1.11 bits per heavy atom. The summed E-state index contributed by atoms with van der Waals surface area (Å²) < 4.78 is 0. The number of benzene rings is 1. The first-order valence-electron chi connectivity index (χ1n) is 9.03. The summed E-state index contributed by atoms with van der Waals surface area (Å²) in [6.45, 7) is 2.94. The number of carbonyl (C=O) groups excluding carboxylic acids is 3. The molecule has 1 aromatic carbocycles. The Hall–Kier alpha value is -2.67. The minimum absolute atomic E-state index is 0.0555. The van der Waals surface area contributed by atoms with E-state index in [1.165, 1.54) is 18.3 Å². The monoisotopic (exact) mass is 385 g/mol. The van der Waals surface area contributed by atoms with Crippen LogP contribution in [0.4, 0.5) is 5.69 Å². The molecule has 0 bridgehead atoms. The Morgan fingerprint density at radius 2 is 1.85 bits per heavy atom. The van der Waals surface area contributed by atoms with Crippen molar-refractivity contribution in [1.82, 2.24) is 10.2 Å². The second-order valence-corrected chi connectivity index (χ2v) is 7.54. The fourth-order valence-electron chi connectivity index (χ4n) is 3.21. The van der Waals surface area contributed by atoms with E-state index in [0.717, 1.165) is 30.8 Å². The molecule has 2 heterocycles. The van der Waals surface area contributed by atoms with Crippen LogP contribution in [0.1, 0.15) is 47.5 Å². The van der Waals surface area contributed by atoms with Crippen LogP contribution in [0.25, 0.3) is 0 Å². The van der Waals surface area contributed by atoms with Crippen LogP contribution >= 0.6 is 11.3 Å². The summed E-state index contributed by atoms with van der Waals surface area (Å²) in [6.07, 6.45) is 2.13. The molecule has 1 atom stereocenters. The maximum absolute atomic E-state index is 12.7. The highest BCUT2D eigenvalue weighted by Crippen LogP contribution is 2.24. The summed E-state index contributed by atoms with van der Waals surface area (Å²) in [6, 6.07) is 10.5. The minimum Gasteiger partial charge on any atom is -0.348 e. The van der Waals surface area contributed by atoms with Gasteiger partial charge in [0, 0.05) is 24.9 Å². The zero-order valence-electron chi connectivity index (χ0n) is 15.2. The van der Waals surface area contributed by atoms with E-state index in [9.17, 15) is 14.4 Å². The molecule has 3 amide bonds. The van der Waals surface area contributed by atoms with Crippen molar-refractivity contribution in [2.24, 2.45) is 0 Å². The van der Waals surface area contributed by atoms with Crippen LogP contribution in [0.2, 0.25) is 0 Å². The van der Waals surface area contributed by atoms with Crippen LogP contribution in [0.5, 0.6) is 0 Å². The molecule has 1 aliphatic rings. The maximum atomic E-state index is 12.7. The first kappa shape index (κ1) is 19.1. The lowest BCUT2D eigenvalue weighted by molar-refractivity contribution is -0.120. The van der Waals surface area contributed by atoms with E-state index in [2.05, 4.69) is 10.6 Å². The lowest BCUT2D eigenvalue weighted by Crippen LogP contribution is -2.30. The Kier molecular flexibility index (Phi) is 6.24. The number of amides is 3. The number of anilines is 1. The summed E-state index contributed by atoms with van der Waals surface area (Å²) in [4.78, 5) is 39.6. The van der Waals surface area contributed by atoms with Gasteiger partial charge in [-0.25, -0.2) is 0 Å². The molecule has 2 N–H and O–H groups in total. The first-order chi connectivity index (χ1) is 13.0. The number of nitrogens with zero attached hydrogens (tertiary/aromatic N) is 1. The highest BCUT2D eigenvalue weighted by atomic mass is 32.1. The van der Waals surface area contributed by atoms with Gasteiger partial charge in [0.05, 0.1) is 23.7 Å². The predicted octanol–water partition coefficient (Wildman–Crippen LogP) is 3.19. The third-order valence-corrected chi connectivity index (χ3v) is 5.46. The smallest absolute Gasteiger partial charge is 0.255 e. The summed E-state index contributed by atoms with van der Waals surface area (Å²) in [5.41, 5.74) is 1.01. The summed E-state index contributed by atoms with van der Waals surface area (Å²) in [5, 5.41) is 7.57. The van der Waals surface area contributed by atoms with Crippen LogP contribution in [0.3, 0.4) is 0 Å². The van der Waals surface area contributed by atoms with Crippen molar-refractivity contribution in [3.05, 3.63) is 52.2 Å². The Bertz CT molecular complexity index is 814. The largest absolute Gasteiger partial charge is 0.348 e. The van der Waals surface area contributed by atoms with Crippen molar-refractivity contribution in [1.29, 1.82) is 0 Å². The van der Waals surface area contributed by atoms with Gasteiger partial charge in [0.1, 0.15) is 0 Å². The molecular formula is C20H23N3O3S. The summed E-state index contributed by atoms with van der Waals surface area (Å²) in [7, 11) is 0. The molecule has 27 heavy (non-hydrogen) atoms. The van der Waals surface area contributed by atoms with Gasteiger partial charge in [-0.15, -0.1) is 11.3 Å². The van der Waals surface area contributed by atoms with E-state index in [1.807, 2.05) is 22.4 Å². The second kappa shape index (κ2) is 8.81. The van der Waals surface area contributed by atoms with Crippen LogP contribution < -0.4 is 10.6 Å². The van der Waals surface area contributed by atoms with Gasteiger partial charge >= 0.3 is 0 Å². The number of carbonyl (C=O) groups is 3. The molecule has 1 unspecified atom stereocenters. The van der Waals surface area contributed by atoms with Gasteiger partial charge < -0.3 is 15.5 Å². The molecule has 7 heteroatoms. The van der Waals surface area contributed by atoms with Crippen molar-refractivity contribution in [3.8, 4) is 0 Å². The zero-order valence-corrected chi connectivity index (χ0v) is 16.1. The molecule has 1 aliphatic heterocycles. The topological polar surface area (TPSA) is 78.5 Å². The molecule has 142 valence electrons. The number of para-hydroxylation sites is 1. The quantitative estimate of drug-likeness (QED) is 0.802. The van der Waals surface area contributed by atoms with Gasteiger partial charge in [0.15, 0.2) is 0 Å². The van der Waals surface area contributed by atoms with Gasteiger partial charge in [-0.2, -0.15) is 0 Å². The highest BCUT2D eigenvalue weighted by molar-refractivity contribution is 7.10. The summed E-state index contributed by atoms with van der Waals surface area (Å²) in [5.74, 6) is -0.491. The molecule has 6 nitrogen and oxygen atoms in total. The minimum atomic E-state index is -0.385. The van der Waals surface area contributed by atoms with Crippen molar-refractivity contribution < 1.29 is 14.4 Å². The van der Waals surface area contributed by atoms with Gasteiger partial charge in [-0.05, 0) is 36.4 Å². The number of rotatable bonds is 6. The van der Waals surface area contributed by atoms with Gasteiger partial charge in [0.25, 0.3) is 5.91 Å². The molecule has 0 spiro atoms. The number of hydrogen-bond acceptors (Lipinski definition) is 4. The standard InChI is InChI=1S/C20H23N3O3S/c1-14(24)21-17(18-9-6-12-27-18)13-19(25)22-16-8-3-2-7-15(16)20(26)23-10-4-5-11-23/h2-3,6-9,12,17H,4-5,10-11,13H2,1H3,(H,21,24)(H,22,25). The van der Waals surface area contributed by atoms with E-state index in [4.69, 9.17) is 0 Å². The normalized spacial score (nSPS) is 14.6. The van der Waals surface area contributed by atoms with E-state index in [1.54, 1.807) is 24.3 Å². The van der Waals surface area contributed by atoms with Crippen LogP contribution in [-0.4, -0.2) is 35.7 Å². The predicted molar refractivity (Wildman–Crippen MR) is 106 cm³/mol. The second-order valence-electron chi connectivity index (χ2n) is 6.57. The van der Waals surface area contributed by atoms with E-state index >= 15 is 0 Å². The Morgan fingerprint density at radius 3 is 2.52 bits per heavy atom. The first-order valence-corrected chi connectivity index (χ1v) is 9.91. The lowest BCUT2D eigenvalue weighted by atomic mass is 10.1. The van der Waals surface area contributed by atoms with Crippen molar-refractivity contribution in [3.63, 3.8) is 0 Å². The van der Waals surface area contributed by atoms with Gasteiger partial charge in [-0.3, -0.25) is 14.4 Å². The van der Waals surface area contributed by atoms with Gasteiger partial charge in [0.2, 0.25) is 11.8 Å². The molecule has 3 rings (SSSR count). The molecule has 2 aromatic rings. The van der Waals surface area contributed by atoms with E-state index in [0.29, 0.717) is 11.3 Å². The summed E-state index contributed by atoms with van der Waals surface area (Å²) >= 11 is 1.49.